The standard InChI is InChI=1S/C23H30ClFN4O3S/c1-13-19(33-12-28-13)15-7-5-14(6-8-15)9-26-21(31)18-17(25)16(30)10-29(18)22(32)20(27-11-24)23(2,3)4/h5-8,12,16-18,20,27,30H,9-11H2,1-4H3,(H,26,31)/t16-,17-,18-,20+/m0/s1. The number of rotatable bonds is 7. The molecular weight excluding hydrogens is 467 g/mol. The van der Waals surface area contributed by atoms with Gasteiger partial charge in [-0.1, -0.05) is 45.0 Å². The van der Waals surface area contributed by atoms with Crippen LogP contribution in [0.1, 0.15) is 32.0 Å². The second kappa shape index (κ2) is 10.5. The number of aromatic nitrogens is 1. The highest BCUT2D eigenvalue weighted by Crippen LogP contribution is 2.29. The average Bonchev–Trinajstić information content (AvgIpc) is 3.32. The zero-order chi connectivity index (χ0) is 24.3. The Bertz CT molecular complexity index is 979. The molecule has 7 nitrogen and oxygen atoms in total. The molecule has 1 fully saturated rings. The predicted molar refractivity (Wildman–Crippen MR) is 128 cm³/mol. The van der Waals surface area contributed by atoms with E-state index in [1.165, 1.54) is 0 Å². The zero-order valence-electron chi connectivity index (χ0n) is 19.1. The van der Waals surface area contributed by atoms with Crippen molar-refractivity contribution in [1.82, 2.24) is 20.5 Å². The number of hydrogen-bond donors (Lipinski definition) is 3. The van der Waals surface area contributed by atoms with Gasteiger partial charge >= 0.3 is 0 Å². The summed E-state index contributed by atoms with van der Waals surface area (Å²) in [5.41, 5.74) is 4.09. The first kappa shape index (κ1) is 25.6. The van der Waals surface area contributed by atoms with Crippen LogP contribution in [0.25, 0.3) is 10.4 Å². The van der Waals surface area contributed by atoms with Gasteiger partial charge in [0.15, 0.2) is 6.17 Å². The maximum Gasteiger partial charge on any atom is 0.246 e. The summed E-state index contributed by atoms with van der Waals surface area (Å²) in [5.74, 6) is -1.11. The van der Waals surface area contributed by atoms with Crippen molar-refractivity contribution in [2.75, 3.05) is 12.5 Å². The summed E-state index contributed by atoms with van der Waals surface area (Å²) in [5, 5.41) is 15.7. The van der Waals surface area contributed by atoms with Crippen molar-refractivity contribution < 1.29 is 19.1 Å². The van der Waals surface area contributed by atoms with Crippen LogP contribution in [0.5, 0.6) is 0 Å². The number of aryl methyl sites for hydroxylation is 1. The number of nitrogens with zero attached hydrogens (tertiary/aromatic N) is 2. The van der Waals surface area contributed by atoms with Gasteiger partial charge in [-0.3, -0.25) is 14.9 Å². The Balaban J connectivity index is 1.70. The Morgan fingerprint density at radius 1 is 1.33 bits per heavy atom. The van der Waals surface area contributed by atoms with Crippen molar-refractivity contribution in [3.05, 3.63) is 41.0 Å². The number of carbonyl (C=O) groups is 2. The van der Waals surface area contributed by atoms with E-state index < -0.39 is 41.6 Å². The lowest BCUT2D eigenvalue weighted by Crippen LogP contribution is -2.57. The molecule has 0 radical (unpaired) electrons. The maximum atomic E-state index is 14.8. The number of nitrogens with one attached hydrogen (secondary N) is 2. The van der Waals surface area contributed by atoms with Crippen LogP contribution in [0.4, 0.5) is 4.39 Å². The SMILES string of the molecule is Cc1ncsc1-c1ccc(CNC(=O)[C@@H]2[C@@H](F)[C@@H](O)CN2C(=O)[C@@H](NCCl)C(C)(C)C)cc1. The van der Waals surface area contributed by atoms with E-state index in [0.717, 1.165) is 26.6 Å². The Labute approximate surface area is 202 Å². The molecule has 2 heterocycles. The lowest BCUT2D eigenvalue weighted by Gasteiger charge is -2.35. The van der Waals surface area contributed by atoms with E-state index in [-0.39, 0.29) is 19.1 Å². The first-order valence-electron chi connectivity index (χ1n) is 10.7. The molecule has 1 aliphatic heterocycles. The summed E-state index contributed by atoms with van der Waals surface area (Å²) in [6.07, 6.45) is -3.30. The normalized spacial score (nSPS) is 21.8. The number of β-amino-alcohol motifs (C(OH)–C–C–N with tert-alkyl or cyclic N) is 1. The number of aliphatic hydroxyl groups is 1. The molecule has 2 amide bonds. The van der Waals surface area contributed by atoms with Gasteiger partial charge in [0, 0.05) is 6.54 Å². The highest BCUT2D eigenvalue weighted by molar-refractivity contribution is 7.13. The smallest absolute Gasteiger partial charge is 0.246 e. The average molecular weight is 497 g/mol. The number of benzene rings is 1. The third-order valence-corrected chi connectivity index (χ3v) is 6.90. The zero-order valence-corrected chi connectivity index (χ0v) is 20.7. The monoisotopic (exact) mass is 496 g/mol. The summed E-state index contributed by atoms with van der Waals surface area (Å²) < 4.78 is 14.8. The number of thiazole rings is 1. The number of carbonyl (C=O) groups excluding carboxylic acids is 2. The van der Waals surface area contributed by atoms with E-state index >= 15 is 0 Å². The summed E-state index contributed by atoms with van der Waals surface area (Å²) >= 11 is 7.35. The van der Waals surface area contributed by atoms with Crippen LogP contribution < -0.4 is 10.6 Å². The molecule has 1 saturated heterocycles. The number of amides is 2. The fourth-order valence-electron chi connectivity index (χ4n) is 3.96. The molecule has 0 saturated carbocycles. The molecule has 10 heteroatoms. The van der Waals surface area contributed by atoms with E-state index in [9.17, 15) is 19.1 Å². The minimum Gasteiger partial charge on any atom is -0.388 e. The molecule has 0 bridgehead atoms. The third kappa shape index (κ3) is 5.71. The van der Waals surface area contributed by atoms with Crippen LogP contribution in [0.3, 0.4) is 0 Å². The van der Waals surface area contributed by atoms with E-state index in [1.807, 2.05) is 52.0 Å². The van der Waals surface area contributed by atoms with E-state index in [4.69, 9.17) is 11.6 Å². The minimum absolute atomic E-state index is 0.0248. The van der Waals surface area contributed by atoms with Crippen LogP contribution in [0, 0.1) is 12.3 Å². The van der Waals surface area contributed by atoms with E-state index in [0.29, 0.717) is 0 Å². The fourth-order valence-corrected chi connectivity index (χ4v) is 4.93. The quantitative estimate of drug-likeness (QED) is 0.405. The largest absolute Gasteiger partial charge is 0.388 e. The Morgan fingerprint density at radius 3 is 2.55 bits per heavy atom. The molecule has 0 aliphatic carbocycles. The number of halogens is 2. The fraction of sp³-hybridized carbons (Fsp3) is 0.522. The van der Waals surface area contributed by atoms with Gasteiger partial charge in [-0.05, 0) is 23.5 Å². The van der Waals surface area contributed by atoms with Gasteiger partial charge in [0.2, 0.25) is 11.8 Å². The van der Waals surface area contributed by atoms with Crippen molar-refractivity contribution >= 4 is 34.8 Å². The number of aliphatic hydroxyl groups excluding tert-OH is 1. The molecule has 2 aromatic rings. The van der Waals surface area contributed by atoms with Crippen molar-refractivity contribution in [1.29, 1.82) is 0 Å². The van der Waals surface area contributed by atoms with Crippen LogP contribution >= 0.6 is 22.9 Å². The topological polar surface area (TPSA) is 94.6 Å². The lowest BCUT2D eigenvalue weighted by molar-refractivity contribution is -0.143. The number of likely N-dealkylation sites (tertiary alicyclic amines) is 1. The van der Waals surface area contributed by atoms with Crippen LogP contribution in [0.15, 0.2) is 29.8 Å². The summed E-state index contributed by atoms with van der Waals surface area (Å²) in [6.45, 7) is 7.41. The molecule has 1 aromatic heterocycles. The predicted octanol–water partition coefficient (Wildman–Crippen LogP) is 2.85. The van der Waals surface area contributed by atoms with Crippen molar-refractivity contribution in [3.63, 3.8) is 0 Å². The third-order valence-electron chi connectivity index (χ3n) is 5.76. The van der Waals surface area contributed by atoms with E-state index in [2.05, 4.69) is 15.6 Å². The highest BCUT2D eigenvalue weighted by Gasteiger charge is 2.50. The minimum atomic E-state index is -1.87. The van der Waals surface area contributed by atoms with Gasteiger partial charge < -0.3 is 15.3 Å². The molecule has 3 N–H and O–H groups in total. The maximum absolute atomic E-state index is 14.8. The van der Waals surface area contributed by atoms with Gasteiger partial charge in [0.25, 0.3) is 0 Å². The van der Waals surface area contributed by atoms with Crippen LogP contribution in [0.2, 0.25) is 0 Å². The van der Waals surface area contributed by atoms with Gasteiger partial charge in [-0.25, -0.2) is 9.37 Å². The molecule has 0 unspecified atom stereocenters. The van der Waals surface area contributed by atoms with Gasteiger partial charge in [0.1, 0.15) is 12.1 Å². The molecule has 33 heavy (non-hydrogen) atoms. The molecule has 0 spiro atoms. The summed E-state index contributed by atoms with van der Waals surface area (Å²) in [4.78, 5) is 32.5. The van der Waals surface area contributed by atoms with Crippen molar-refractivity contribution in [2.24, 2.45) is 5.41 Å². The second-order valence-corrected chi connectivity index (χ2v) is 10.4. The summed E-state index contributed by atoms with van der Waals surface area (Å²) in [7, 11) is 0. The number of alkyl halides is 2. The van der Waals surface area contributed by atoms with Gasteiger partial charge in [-0.2, -0.15) is 0 Å². The van der Waals surface area contributed by atoms with Crippen molar-refractivity contribution in [3.8, 4) is 10.4 Å². The number of hydrogen-bond acceptors (Lipinski definition) is 6. The Kier molecular flexibility index (Phi) is 8.10. The summed E-state index contributed by atoms with van der Waals surface area (Å²) in [6, 6.07) is 5.54. The lowest BCUT2D eigenvalue weighted by atomic mass is 9.85. The molecule has 180 valence electrons. The molecular formula is C23H30ClFN4O3S. The Hall–Kier alpha value is -2.07. The van der Waals surface area contributed by atoms with Gasteiger partial charge in [0.05, 0.1) is 34.7 Å². The Morgan fingerprint density at radius 2 is 2.00 bits per heavy atom. The molecule has 1 aromatic carbocycles. The van der Waals surface area contributed by atoms with Crippen molar-refractivity contribution in [2.45, 2.75) is 58.6 Å². The molecule has 3 rings (SSSR count). The second-order valence-electron chi connectivity index (χ2n) is 9.27. The molecule has 1 aliphatic rings. The van der Waals surface area contributed by atoms with Crippen LogP contribution in [-0.4, -0.2) is 63.7 Å². The molecule has 4 atom stereocenters. The van der Waals surface area contributed by atoms with Crippen LogP contribution in [-0.2, 0) is 16.1 Å². The first-order valence-corrected chi connectivity index (χ1v) is 12.1. The van der Waals surface area contributed by atoms with E-state index in [1.54, 1.807) is 16.8 Å². The highest BCUT2D eigenvalue weighted by atomic mass is 35.5. The van der Waals surface area contributed by atoms with Gasteiger partial charge in [-0.15, -0.1) is 22.9 Å². The first-order chi connectivity index (χ1) is 15.5.